The number of benzene rings is 1. The van der Waals surface area contributed by atoms with E-state index < -0.39 is 0 Å². The van der Waals surface area contributed by atoms with E-state index in [1.807, 2.05) is 17.7 Å². The minimum absolute atomic E-state index is 0.528. The van der Waals surface area contributed by atoms with Crippen LogP contribution in [0.25, 0.3) is 0 Å². The van der Waals surface area contributed by atoms with Gasteiger partial charge in [0.05, 0.1) is 15.9 Å². The first-order valence-corrected chi connectivity index (χ1v) is 8.08. The van der Waals surface area contributed by atoms with Crippen molar-refractivity contribution in [2.75, 3.05) is 6.54 Å². The molecule has 0 saturated heterocycles. The maximum absolute atomic E-state index is 5.91. The molecule has 0 amide bonds. The second-order valence-corrected chi connectivity index (χ2v) is 5.78. The quantitative estimate of drug-likeness (QED) is 0.827. The SMILES string of the molecule is CCNCc1ccc(OCc2cc(C)nn2CC)c(Br)c1. The van der Waals surface area contributed by atoms with Gasteiger partial charge in [0.1, 0.15) is 12.4 Å². The van der Waals surface area contributed by atoms with Gasteiger partial charge < -0.3 is 10.1 Å². The number of halogens is 1. The molecule has 0 radical (unpaired) electrons. The van der Waals surface area contributed by atoms with Crippen LogP contribution < -0.4 is 10.1 Å². The van der Waals surface area contributed by atoms with Crippen LogP contribution in [0.3, 0.4) is 0 Å². The number of nitrogens with one attached hydrogen (secondary N) is 1. The number of rotatable bonds is 7. The number of nitrogens with zero attached hydrogens (tertiary/aromatic N) is 2. The molecule has 5 heteroatoms. The minimum atomic E-state index is 0.528. The van der Waals surface area contributed by atoms with Gasteiger partial charge in [0.2, 0.25) is 0 Å². The standard InChI is InChI=1S/C16H22BrN3O/c1-4-18-10-13-6-7-16(15(17)9-13)21-11-14-8-12(3)19-20(14)5-2/h6-9,18H,4-5,10-11H2,1-3H3. The van der Waals surface area contributed by atoms with Crippen LogP contribution in [-0.4, -0.2) is 16.3 Å². The summed E-state index contributed by atoms with van der Waals surface area (Å²) < 4.78 is 8.87. The molecule has 0 saturated carbocycles. The predicted molar refractivity (Wildman–Crippen MR) is 88.5 cm³/mol. The average molecular weight is 352 g/mol. The zero-order valence-corrected chi connectivity index (χ0v) is 14.4. The first kappa shape index (κ1) is 16.0. The summed E-state index contributed by atoms with van der Waals surface area (Å²) in [5.74, 6) is 0.858. The van der Waals surface area contributed by atoms with Crippen LogP contribution in [0.1, 0.15) is 30.8 Å². The summed E-state index contributed by atoms with van der Waals surface area (Å²) in [6, 6.07) is 8.26. The van der Waals surface area contributed by atoms with Crippen LogP contribution in [0.2, 0.25) is 0 Å². The van der Waals surface area contributed by atoms with Crippen LogP contribution in [0.5, 0.6) is 5.75 Å². The first-order valence-electron chi connectivity index (χ1n) is 7.29. The minimum Gasteiger partial charge on any atom is -0.486 e. The molecule has 0 aliphatic carbocycles. The van der Waals surface area contributed by atoms with Crippen molar-refractivity contribution >= 4 is 15.9 Å². The van der Waals surface area contributed by atoms with Gasteiger partial charge in [-0.2, -0.15) is 5.10 Å². The van der Waals surface area contributed by atoms with Crippen LogP contribution in [-0.2, 0) is 19.7 Å². The van der Waals surface area contributed by atoms with Crippen molar-refractivity contribution in [3.63, 3.8) is 0 Å². The smallest absolute Gasteiger partial charge is 0.134 e. The molecule has 0 aliphatic heterocycles. The topological polar surface area (TPSA) is 39.1 Å². The van der Waals surface area contributed by atoms with Gasteiger partial charge in [0.25, 0.3) is 0 Å². The van der Waals surface area contributed by atoms with E-state index in [-0.39, 0.29) is 0 Å². The normalized spacial score (nSPS) is 10.9. The van der Waals surface area contributed by atoms with E-state index in [9.17, 15) is 0 Å². The Morgan fingerprint density at radius 3 is 2.76 bits per heavy atom. The highest BCUT2D eigenvalue weighted by molar-refractivity contribution is 9.10. The fourth-order valence-electron chi connectivity index (χ4n) is 2.18. The fraction of sp³-hybridized carbons (Fsp3) is 0.438. The zero-order chi connectivity index (χ0) is 15.2. The summed E-state index contributed by atoms with van der Waals surface area (Å²) in [6.45, 7) is 9.41. The van der Waals surface area contributed by atoms with Crippen molar-refractivity contribution in [2.24, 2.45) is 0 Å². The van der Waals surface area contributed by atoms with Gasteiger partial charge in [0, 0.05) is 13.1 Å². The molecular formula is C16H22BrN3O. The Hall–Kier alpha value is -1.33. The van der Waals surface area contributed by atoms with E-state index in [0.29, 0.717) is 6.61 Å². The van der Waals surface area contributed by atoms with E-state index in [4.69, 9.17) is 4.74 Å². The summed E-state index contributed by atoms with van der Waals surface area (Å²) in [6.07, 6.45) is 0. The van der Waals surface area contributed by atoms with Crippen molar-refractivity contribution < 1.29 is 4.74 Å². The molecule has 0 spiro atoms. The van der Waals surface area contributed by atoms with Gasteiger partial charge in [-0.25, -0.2) is 0 Å². The highest BCUT2D eigenvalue weighted by Gasteiger charge is 2.07. The second kappa shape index (κ2) is 7.61. The molecule has 2 rings (SSSR count). The van der Waals surface area contributed by atoms with E-state index in [0.717, 1.165) is 41.2 Å². The fourth-order valence-corrected chi connectivity index (χ4v) is 2.72. The van der Waals surface area contributed by atoms with Gasteiger partial charge in [-0.3, -0.25) is 4.68 Å². The Bertz CT molecular complexity index is 595. The summed E-state index contributed by atoms with van der Waals surface area (Å²) in [5.41, 5.74) is 3.36. The molecule has 0 aliphatic rings. The van der Waals surface area contributed by atoms with Crippen LogP contribution in [0.15, 0.2) is 28.7 Å². The molecule has 1 aromatic heterocycles. The summed E-state index contributed by atoms with van der Waals surface area (Å²) in [5, 5.41) is 7.74. The monoisotopic (exact) mass is 351 g/mol. The van der Waals surface area contributed by atoms with Gasteiger partial charge in [-0.15, -0.1) is 0 Å². The molecule has 114 valence electrons. The van der Waals surface area contributed by atoms with Gasteiger partial charge in [-0.1, -0.05) is 13.0 Å². The third-order valence-corrected chi connectivity index (χ3v) is 3.86. The Morgan fingerprint density at radius 2 is 2.10 bits per heavy atom. The highest BCUT2D eigenvalue weighted by Crippen LogP contribution is 2.27. The van der Waals surface area contributed by atoms with Crippen LogP contribution >= 0.6 is 15.9 Å². The van der Waals surface area contributed by atoms with Crippen molar-refractivity contribution in [3.8, 4) is 5.75 Å². The number of aromatic nitrogens is 2. The lowest BCUT2D eigenvalue weighted by molar-refractivity contribution is 0.290. The lowest BCUT2D eigenvalue weighted by Crippen LogP contribution is -2.11. The van der Waals surface area contributed by atoms with E-state index in [2.05, 4.69) is 58.4 Å². The molecule has 4 nitrogen and oxygen atoms in total. The molecule has 21 heavy (non-hydrogen) atoms. The Labute approximate surface area is 134 Å². The first-order chi connectivity index (χ1) is 10.1. The number of ether oxygens (including phenoxy) is 1. The summed E-state index contributed by atoms with van der Waals surface area (Å²) >= 11 is 3.58. The molecule has 1 heterocycles. The second-order valence-electron chi connectivity index (χ2n) is 4.93. The Morgan fingerprint density at radius 1 is 1.29 bits per heavy atom. The van der Waals surface area contributed by atoms with Crippen molar-refractivity contribution in [1.82, 2.24) is 15.1 Å². The molecule has 0 unspecified atom stereocenters. The van der Waals surface area contributed by atoms with Crippen molar-refractivity contribution in [1.29, 1.82) is 0 Å². The van der Waals surface area contributed by atoms with Crippen LogP contribution in [0.4, 0.5) is 0 Å². The highest BCUT2D eigenvalue weighted by atomic mass is 79.9. The molecule has 1 aromatic carbocycles. The predicted octanol–water partition coefficient (Wildman–Crippen LogP) is 3.66. The number of hydrogen-bond acceptors (Lipinski definition) is 3. The largest absolute Gasteiger partial charge is 0.486 e. The van der Waals surface area contributed by atoms with Gasteiger partial charge in [-0.05, 0) is 60.1 Å². The lowest BCUT2D eigenvalue weighted by atomic mass is 10.2. The van der Waals surface area contributed by atoms with Crippen molar-refractivity contribution in [3.05, 3.63) is 45.7 Å². The third kappa shape index (κ3) is 4.32. The maximum atomic E-state index is 5.91. The number of hydrogen-bond donors (Lipinski definition) is 1. The molecule has 0 atom stereocenters. The van der Waals surface area contributed by atoms with E-state index in [1.165, 1.54) is 5.56 Å². The molecule has 1 N–H and O–H groups in total. The third-order valence-electron chi connectivity index (χ3n) is 3.24. The van der Waals surface area contributed by atoms with E-state index in [1.54, 1.807) is 0 Å². The summed E-state index contributed by atoms with van der Waals surface area (Å²) in [4.78, 5) is 0. The number of aryl methyl sites for hydroxylation is 2. The van der Waals surface area contributed by atoms with Crippen LogP contribution in [0, 0.1) is 6.92 Å². The van der Waals surface area contributed by atoms with E-state index >= 15 is 0 Å². The molecular weight excluding hydrogens is 330 g/mol. The Balaban J connectivity index is 2.02. The average Bonchev–Trinajstić information content (AvgIpc) is 2.84. The summed E-state index contributed by atoms with van der Waals surface area (Å²) in [7, 11) is 0. The zero-order valence-electron chi connectivity index (χ0n) is 12.8. The molecule has 0 bridgehead atoms. The maximum Gasteiger partial charge on any atom is 0.134 e. The molecule has 0 fully saturated rings. The lowest BCUT2D eigenvalue weighted by Gasteiger charge is -2.11. The van der Waals surface area contributed by atoms with Crippen molar-refractivity contribution in [2.45, 2.75) is 40.5 Å². The van der Waals surface area contributed by atoms with Gasteiger partial charge >= 0.3 is 0 Å². The van der Waals surface area contributed by atoms with Gasteiger partial charge in [0.15, 0.2) is 0 Å². The molecule has 2 aromatic rings. The Kier molecular flexibility index (Phi) is 5.82.